The minimum absolute atomic E-state index is 0.323. The van der Waals surface area contributed by atoms with E-state index in [0.717, 1.165) is 0 Å². The number of esters is 1. The molecule has 0 spiro atoms. The SMILES string of the molecule is COC(=O)C(C)=CCn1ccnc1C#N. The molecular weight excluding hydrogens is 194 g/mol. The van der Waals surface area contributed by atoms with E-state index in [-0.39, 0.29) is 5.97 Å². The molecule has 0 aromatic carbocycles. The summed E-state index contributed by atoms with van der Waals surface area (Å²) < 4.78 is 6.19. The van der Waals surface area contributed by atoms with Crippen LogP contribution in [0.3, 0.4) is 0 Å². The van der Waals surface area contributed by atoms with Crippen molar-refractivity contribution >= 4 is 5.97 Å². The minimum atomic E-state index is -0.367. The monoisotopic (exact) mass is 205 g/mol. The molecule has 1 heterocycles. The van der Waals surface area contributed by atoms with Crippen LogP contribution in [0.2, 0.25) is 0 Å². The van der Waals surface area contributed by atoms with Gasteiger partial charge in [0.05, 0.1) is 7.11 Å². The molecule has 78 valence electrons. The van der Waals surface area contributed by atoms with E-state index < -0.39 is 0 Å². The third kappa shape index (κ3) is 2.68. The van der Waals surface area contributed by atoms with Crippen molar-refractivity contribution in [2.24, 2.45) is 0 Å². The summed E-state index contributed by atoms with van der Waals surface area (Å²) in [6.45, 7) is 2.10. The Morgan fingerprint density at radius 3 is 3.13 bits per heavy atom. The predicted octanol–water partition coefficient (Wildman–Crippen LogP) is 0.874. The van der Waals surface area contributed by atoms with Gasteiger partial charge in [-0.15, -0.1) is 0 Å². The first-order valence-corrected chi connectivity index (χ1v) is 4.35. The van der Waals surface area contributed by atoms with Gasteiger partial charge in [0.1, 0.15) is 6.07 Å². The molecule has 0 atom stereocenters. The maximum Gasteiger partial charge on any atom is 0.333 e. The van der Waals surface area contributed by atoms with E-state index in [2.05, 4.69) is 9.72 Å². The van der Waals surface area contributed by atoms with Crippen LogP contribution in [0.1, 0.15) is 12.7 Å². The summed E-state index contributed by atoms with van der Waals surface area (Å²) >= 11 is 0. The lowest BCUT2D eigenvalue weighted by Crippen LogP contribution is -2.04. The van der Waals surface area contributed by atoms with E-state index in [1.165, 1.54) is 7.11 Å². The highest BCUT2D eigenvalue weighted by Crippen LogP contribution is 2.00. The first-order valence-electron chi connectivity index (χ1n) is 4.35. The molecule has 1 aromatic rings. The summed E-state index contributed by atoms with van der Waals surface area (Å²) in [5, 5.41) is 8.68. The van der Waals surface area contributed by atoms with Gasteiger partial charge < -0.3 is 9.30 Å². The predicted molar refractivity (Wildman–Crippen MR) is 52.7 cm³/mol. The van der Waals surface area contributed by atoms with Crippen molar-refractivity contribution in [2.75, 3.05) is 7.11 Å². The number of imidazole rings is 1. The highest BCUT2D eigenvalue weighted by molar-refractivity contribution is 5.87. The van der Waals surface area contributed by atoms with Gasteiger partial charge in [0.15, 0.2) is 0 Å². The Balaban J connectivity index is 2.73. The van der Waals surface area contributed by atoms with Gasteiger partial charge in [0.2, 0.25) is 5.82 Å². The van der Waals surface area contributed by atoms with E-state index in [1.807, 2.05) is 6.07 Å². The Labute approximate surface area is 87.6 Å². The van der Waals surface area contributed by atoms with Crippen molar-refractivity contribution in [3.8, 4) is 6.07 Å². The molecular formula is C10H11N3O2. The molecule has 5 heteroatoms. The zero-order chi connectivity index (χ0) is 11.3. The van der Waals surface area contributed by atoms with Gasteiger partial charge in [-0.05, 0) is 6.92 Å². The number of methoxy groups -OCH3 is 1. The van der Waals surface area contributed by atoms with Crippen LogP contribution in [0.4, 0.5) is 0 Å². The van der Waals surface area contributed by atoms with Crippen LogP contribution >= 0.6 is 0 Å². The zero-order valence-corrected chi connectivity index (χ0v) is 8.60. The van der Waals surface area contributed by atoms with E-state index in [9.17, 15) is 4.79 Å². The van der Waals surface area contributed by atoms with E-state index in [0.29, 0.717) is 17.9 Å². The van der Waals surface area contributed by atoms with Crippen molar-refractivity contribution in [3.63, 3.8) is 0 Å². The number of nitrogens with zero attached hydrogens (tertiary/aromatic N) is 3. The molecule has 0 radical (unpaired) electrons. The summed E-state index contributed by atoms with van der Waals surface area (Å²) in [6, 6.07) is 1.95. The van der Waals surface area contributed by atoms with Crippen molar-refractivity contribution in [2.45, 2.75) is 13.5 Å². The quantitative estimate of drug-likeness (QED) is 0.542. The molecule has 0 amide bonds. The van der Waals surface area contributed by atoms with Crippen LogP contribution in [0.5, 0.6) is 0 Å². The lowest BCUT2D eigenvalue weighted by molar-refractivity contribution is -0.136. The highest BCUT2D eigenvalue weighted by atomic mass is 16.5. The van der Waals surface area contributed by atoms with Gasteiger partial charge >= 0.3 is 5.97 Å². The highest BCUT2D eigenvalue weighted by Gasteiger charge is 2.03. The van der Waals surface area contributed by atoms with Crippen LogP contribution in [0.15, 0.2) is 24.0 Å². The summed E-state index contributed by atoms with van der Waals surface area (Å²) in [7, 11) is 1.33. The lowest BCUT2D eigenvalue weighted by Gasteiger charge is -2.00. The molecule has 15 heavy (non-hydrogen) atoms. The Morgan fingerprint density at radius 2 is 2.53 bits per heavy atom. The van der Waals surface area contributed by atoms with Crippen molar-refractivity contribution in [3.05, 3.63) is 29.9 Å². The standard InChI is InChI=1S/C10H11N3O2/c1-8(10(14)15-2)3-5-13-6-4-12-9(13)7-11/h3-4,6H,5H2,1-2H3. The first kappa shape index (κ1) is 11.0. The summed E-state index contributed by atoms with van der Waals surface area (Å²) in [5.41, 5.74) is 0.509. The van der Waals surface area contributed by atoms with Crippen LogP contribution in [-0.4, -0.2) is 22.6 Å². The molecule has 0 fully saturated rings. The van der Waals surface area contributed by atoms with Crippen LogP contribution in [0, 0.1) is 11.3 Å². The van der Waals surface area contributed by atoms with Gasteiger partial charge in [-0.2, -0.15) is 5.26 Å². The van der Waals surface area contributed by atoms with E-state index >= 15 is 0 Å². The Hall–Kier alpha value is -2.09. The molecule has 0 aliphatic heterocycles. The number of carbonyl (C=O) groups is 1. The summed E-state index contributed by atoms with van der Waals surface area (Å²) in [4.78, 5) is 14.9. The van der Waals surface area contributed by atoms with E-state index in [1.54, 1.807) is 30.0 Å². The molecule has 1 rings (SSSR count). The molecule has 0 unspecified atom stereocenters. The number of rotatable bonds is 3. The topological polar surface area (TPSA) is 67.9 Å². The van der Waals surface area contributed by atoms with Crippen LogP contribution < -0.4 is 0 Å². The number of ether oxygens (including phenoxy) is 1. The molecule has 5 nitrogen and oxygen atoms in total. The lowest BCUT2D eigenvalue weighted by atomic mass is 10.3. The van der Waals surface area contributed by atoms with Crippen LogP contribution in [0.25, 0.3) is 0 Å². The van der Waals surface area contributed by atoms with Gasteiger partial charge in [0.25, 0.3) is 0 Å². The fraction of sp³-hybridized carbons (Fsp3) is 0.300. The van der Waals surface area contributed by atoms with Gasteiger partial charge in [-0.3, -0.25) is 0 Å². The number of carbonyl (C=O) groups excluding carboxylic acids is 1. The number of nitriles is 1. The smallest absolute Gasteiger partial charge is 0.333 e. The second-order valence-corrected chi connectivity index (χ2v) is 2.89. The number of aromatic nitrogens is 2. The first-order chi connectivity index (χ1) is 7.19. The van der Waals surface area contributed by atoms with Crippen molar-refractivity contribution in [1.29, 1.82) is 5.26 Å². The molecule has 0 bridgehead atoms. The zero-order valence-electron chi connectivity index (χ0n) is 8.60. The molecule has 1 aromatic heterocycles. The van der Waals surface area contributed by atoms with Crippen molar-refractivity contribution in [1.82, 2.24) is 9.55 Å². The number of hydrogen-bond donors (Lipinski definition) is 0. The Bertz CT molecular complexity index is 426. The molecule has 0 aliphatic carbocycles. The fourth-order valence-electron chi connectivity index (χ4n) is 1.05. The average molecular weight is 205 g/mol. The molecule has 0 saturated carbocycles. The fourth-order valence-corrected chi connectivity index (χ4v) is 1.05. The van der Waals surface area contributed by atoms with Gasteiger partial charge in [0, 0.05) is 24.5 Å². The third-order valence-electron chi connectivity index (χ3n) is 1.92. The summed E-state index contributed by atoms with van der Waals surface area (Å²) in [5.74, 6) is -0.0439. The molecule has 0 aliphatic rings. The second kappa shape index (κ2) is 4.96. The number of allylic oxidation sites excluding steroid dienone is 1. The van der Waals surface area contributed by atoms with Gasteiger partial charge in [-0.1, -0.05) is 6.08 Å². The average Bonchev–Trinajstić information content (AvgIpc) is 2.71. The Kier molecular flexibility index (Phi) is 3.63. The molecule has 0 N–H and O–H groups in total. The number of hydrogen-bond acceptors (Lipinski definition) is 4. The Morgan fingerprint density at radius 1 is 1.80 bits per heavy atom. The third-order valence-corrected chi connectivity index (χ3v) is 1.92. The maximum absolute atomic E-state index is 11.0. The van der Waals surface area contributed by atoms with Crippen LogP contribution in [-0.2, 0) is 16.1 Å². The second-order valence-electron chi connectivity index (χ2n) is 2.89. The minimum Gasteiger partial charge on any atom is -0.466 e. The maximum atomic E-state index is 11.0. The normalized spacial score (nSPS) is 10.9. The summed E-state index contributed by atoms with van der Waals surface area (Å²) in [6.07, 6.45) is 4.91. The molecule has 0 saturated heterocycles. The van der Waals surface area contributed by atoms with E-state index in [4.69, 9.17) is 5.26 Å². The largest absolute Gasteiger partial charge is 0.466 e. The van der Waals surface area contributed by atoms with Gasteiger partial charge in [-0.25, -0.2) is 9.78 Å². The van der Waals surface area contributed by atoms with Crippen molar-refractivity contribution < 1.29 is 9.53 Å².